The van der Waals surface area contributed by atoms with Gasteiger partial charge in [-0.2, -0.15) is 0 Å². The topological polar surface area (TPSA) is 0 Å². The molecule has 0 fully saturated rings. The molecular formula is C78H78Cl2Hf2. The first-order valence-electron chi connectivity index (χ1n) is 29.1. The van der Waals surface area contributed by atoms with Crippen LogP contribution in [0.15, 0.2) is 218 Å². The SMILES string of the molecule is CC(C)(C)c1ccc2c(c1)[CH]([Hf+]=[C](c1ccccc1)c1ccccc1)c1c-2ccc(C(C)(C)C)c1C1=CC=CC1.CC(C)(C)c1ccc2c(c1)[CH]([Hf+]=[C](c1ccccc1)c1ccccc1)c1c-2ccc(C(C)(C)C)c1C1=CC=CC1.[Cl-].[Cl-]. The van der Waals surface area contributed by atoms with E-state index >= 15 is 0 Å². The van der Waals surface area contributed by atoms with Crippen molar-refractivity contribution in [2.75, 3.05) is 0 Å². The summed E-state index contributed by atoms with van der Waals surface area (Å²) in [6.07, 6.45) is 15.9. The third kappa shape index (κ3) is 12.5. The van der Waals surface area contributed by atoms with Crippen LogP contribution in [0.25, 0.3) is 33.4 Å². The van der Waals surface area contributed by atoms with Gasteiger partial charge < -0.3 is 24.8 Å². The molecule has 0 radical (unpaired) electrons. The van der Waals surface area contributed by atoms with E-state index in [-0.39, 0.29) is 46.5 Å². The molecule has 0 saturated heterocycles. The van der Waals surface area contributed by atoms with Crippen molar-refractivity contribution >= 4 is 17.7 Å². The minimum Gasteiger partial charge on any atom is -1.00 e. The minimum absolute atomic E-state index is 0. The molecule has 2 unspecified atom stereocenters. The number of benzene rings is 8. The van der Waals surface area contributed by atoms with E-state index in [0.29, 0.717) is 7.35 Å². The zero-order valence-electron chi connectivity index (χ0n) is 50.1. The first-order valence-corrected chi connectivity index (χ1v) is 36.8. The fourth-order valence-electron chi connectivity index (χ4n) is 12.5. The Labute approximate surface area is 525 Å². The number of allylic oxidation sites excluding steroid dienone is 8. The van der Waals surface area contributed by atoms with Crippen LogP contribution in [-0.4, -0.2) is 6.51 Å². The van der Waals surface area contributed by atoms with Crippen LogP contribution in [0.4, 0.5) is 0 Å². The first kappa shape index (κ1) is 61.3. The minimum atomic E-state index is -1.52. The summed E-state index contributed by atoms with van der Waals surface area (Å²) < 4.78 is 4.16. The Morgan fingerprint density at radius 1 is 0.354 bits per heavy atom. The van der Waals surface area contributed by atoms with Crippen molar-refractivity contribution in [3.63, 3.8) is 0 Å². The molecule has 0 heterocycles. The molecule has 8 aromatic carbocycles. The molecule has 4 aliphatic rings. The Hall–Kier alpha value is -5.22. The third-order valence-corrected chi connectivity index (χ3v) is 29.3. The van der Waals surface area contributed by atoms with Gasteiger partial charge >= 0.3 is 506 Å². The van der Waals surface area contributed by atoms with Gasteiger partial charge in [0.15, 0.2) is 0 Å². The summed E-state index contributed by atoms with van der Waals surface area (Å²) in [7, 11) is 0. The van der Waals surface area contributed by atoms with Crippen LogP contribution in [-0.2, 0) is 66.5 Å². The van der Waals surface area contributed by atoms with Crippen molar-refractivity contribution in [2.45, 2.75) is 125 Å². The maximum absolute atomic E-state index is 2.57. The van der Waals surface area contributed by atoms with Crippen LogP contribution in [0.2, 0.25) is 0 Å². The second-order valence-corrected chi connectivity index (χ2v) is 36.3. The van der Waals surface area contributed by atoms with Gasteiger partial charge in [-0.05, 0) is 0 Å². The zero-order chi connectivity index (χ0) is 56.1. The summed E-state index contributed by atoms with van der Waals surface area (Å²) in [5.74, 6) is 0. The van der Waals surface area contributed by atoms with Crippen LogP contribution in [0.5, 0.6) is 0 Å². The van der Waals surface area contributed by atoms with E-state index in [1.165, 1.54) is 89.0 Å². The van der Waals surface area contributed by atoms with Crippen molar-refractivity contribution in [2.24, 2.45) is 0 Å². The molecule has 0 nitrogen and oxygen atoms in total. The van der Waals surface area contributed by atoms with Gasteiger partial charge in [-0.1, -0.05) is 0 Å². The standard InChI is InChI=1S/2C26H29.2C13H10.2ClH.2Hf/c2*1-25(2,3)19-11-12-20-18(15-19)16-22-21(20)13-14-23(26(4,5)6)24(22)17-9-7-8-10-17;2*1-3-7-12(8-4-1)11-13-9-5-2-6-10-13;;;;/h2*7-9,11-16H,10H2,1-6H3;2*1-10H;2*1H;;/q;;;;;;2*+1/p-2. The summed E-state index contributed by atoms with van der Waals surface area (Å²) in [5, 5.41) is 0. The maximum Gasteiger partial charge on any atom is -1.00 e. The number of rotatable bonds is 8. The van der Waals surface area contributed by atoms with Gasteiger partial charge in [0.05, 0.1) is 0 Å². The maximum atomic E-state index is 2.57. The van der Waals surface area contributed by atoms with Crippen LogP contribution in [0.3, 0.4) is 0 Å². The second kappa shape index (κ2) is 24.8. The normalized spacial score (nSPS) is 15.5. The van der Waals surface area contributed by atoms with Crippen molar-refractivity contribution in [3.05, 3.63) is 296 Å². The van der Waals surface area contributed by atoms with Gasteiger partial charge in [0.25, 0.3) is 0 Å². The van der Waals surface area contributed by atoms with Crippen LogP contribution < -0.4 is 24.8 Å². The monoisotopic (exact) mass is 1440 g/mol. The summed E-state index contributed by atoms with van der Waals surface area (Å²) in [6.45, 7) is 28.3. The van der Waals surface area contributed by atoms with Gasteiger partial charge in [-0.25, -0.2) is 0 Å². The molecule has 412 valence electrons. The number of fused-ring (bicyclic) bond motifs is 6. The summed E-state index contributed by atoms with van der Waals surface area (Å²) in [5.41, 5.74) is 30.0. The Bertz CT molecular complexity index is 3490. The fraction of sp³-hybridized carbons (Fsp3) is 0.256. The molecule has 0 N–H and O–H groups in total. The van der Waals surface area contributed by atoms with Crippen LogP contribution in [0, 0.1) is 0 Å². The first-order chi connectivity index (χ1) is 38.3. The van der Waals surface area contributed by atoms with Gasteiger partial charge in [0, 0.05) is 0 Å². The number of halogens is 2. The fourth-order valence-corrected chi connectivity index (χ4v) is 25.4. The molecule has 12 rings (SSSR count). The Morgan fingerprint density at radius 2 is 0.659 bits per heavy atom. The largest absolute Gasteiger partial charge is 1.00 e. The molecule has 0 aliphatic heterocycles. The van der Waals surface area contributed by atoms with Gasteiger partial charge in [-0.15, -0.1) is 0 Å². The van der Waals surface area contributed by atoms with Crippen molar-refractivity contribution < 1.29 is 69.7 Å². The van der Waals surface area contributed by atoms with Crippen LogP contribution in [0.1, 0.15) is 181 Å². The van der Waals surface area contributed by atoms with Gasteiger partial charge in [-0.3, -0.25) is 0 Å². The smallest absolute Gasteiger partial charge is 1.00 e. The Morgan fingerprint density at radius 3 is 0.927 bits per heavy atom. The van der Waals surface area contributed by atoms with E-state index < -0.39 is 44.8 Å². The average Bonchev–Trinajstić information content (AvgIpc) is 3.94. The molecule has 0 amide bonds. The Balaban J connectivity index is 0.000000193. The molecule has 8 aromatic rings. The molecule has 2 atom stereocenters. The van der Waals surface area contributed by atoms with Crippen LogP contribution >= 0.6 is 0 Å². The Kier molecular flexibility index (Phi) is 18.5. The number of hydrogen-bond donors (Lipinski definition) is 0. The molecule has 4 aliphatic carbocycles. The molecule has 0 bridgehead atoms. The zero-order valence-corrected chi connectivity index (χ0v) is 58.8. The van der Waals surface area contributed by atoms with E-state index in [1.807, 2.05) is 0 Å². The summed E-state index contributed by atoms with van der Waals surface area (Å²) in [4.78, 5) is 0. The van der Waals surface area contributed by atoms with E-state index in [9.17, 15) is 0 Å². The predicted molar refractivity (Wildman–Crippen MR) is 338 cm³/mol. The molecule has 82 heavy (non-hydrogen) atoms. The van der Waals surface area contributed by atoms with E-state index in [0.717, 1.165) is 12.8 Å². The molecule has 4 heteroatoms. The average molecular weight is 1440 g/mol. The van der Waals surface area contributed by atoms with E-state index in [1.54, 1.807) is 28.8 Å². The molecule has 0 saturated carbocycles. The van der Waals surface area contributed by atoms with Crippen molar-refractivity contribution in [1.82, 2.24) is 0 Å². The summed E-state index contributed by atoms with van der Waals surface area (Å²) >= 11 is -3.04. The van der Waals surface area contributed by atoms with Gasteiger partial charge in [0.1, 0.15) is 0 Å². The molecule has 0 aromatic heterocycles. The molecule has 0 spiro atoms. The molecular weight excluding hydrogens is 1360 g/mol. The van der Waals surface area contributed by atoms with E-state index in [4.69, 9.17) is 0 Å². The third-order valence-electron chi connectivity index (χ3n) is 16.7. The predicted octanol–water partition coefficient (Wildman–Crippen LogP) is 14.1. The second-order valence-electron chi connectivity index (χ2n) is 26.5. The van der Waals surface area contributed by atoms with E-state index in [2.05, 4.69) is 302 Å². The van der Waals surface area contributed by atoms with Gasteiger partial charge in [0.2, 0.25) is 0 Å². The van der Waals surface area contributed by atoms with Crippen molar-refractivity contribution in [3.8, 4) is 22.3 Å². The van der Waals surface area contributed by atoms with Crippen molar-refractivity contribution in [1.29, 1.82) is 0 Å². The summed E-state index contributed by atoms with van der Waals surface area (Å²) in [6, 6.07) is 69.3. The quantitative estimate of drug-likeness (QED) is 0.133. The number of hydrogen-bond acceptors (Lipinski definition) is 0.